The number of imidazole rings is 1. The molecule has 2 aromatic heterocycles. The number of alkyl halides is 3. The van der Waals surface area contributed by atoms with Crippen molar-refractivity contribution in [3.05, 3.63) is 53.6 Å². The van der Waals surface area contributed by atoms with Gasteiger partial charge >= 0.3 is 6.18 Å². The summed E-state index contributed by atoms with van der Waals surface area (Å²) in [5.41, 5.74) is 0.662. The normalized spacial score (nSPS) is 12.0. The maximum absolute atomic E-state index is 12.7. The van der Waals surface area contributed by atoms with E-state index in [0.29, 0.717) is 16.9 Å². The molecule has 0 fully saturated rings. The minimum Gasteiger partial charge on any atom is -0.282 e. The van der Waals surface area contributed by atoms with E-state index >= 15 is 0 Å². The molecule has 0 N–H and O–H groups in total. The summed E-state index contributed by atoms with van der Waals surface area (Å²) < 4.78 is 39.8. The Balaban J connectivity index is 2.21. The molecule has 1 aromatic carbocycles. The highest BCUT2D eigenvalue weighted by Gasteiger charge is 2.30. The third-order valence-electron chi connectivity index (χ3n) is 2.87. The Morgan fingerprint density at radius 2 is 1.90 bits per heavy atom. The summed E-state index contributed by atoms with van der Waals surface area (Å²) in [4.78, 5) is 7.94. The maximum Gasteiger partial charge on any atom is 0.416 e. The number of hydrogen-bond donors (Lipinski definition) is 0. The predicted octanol–water partition coefficient (Wildman–Crippen LogP) is 4.07. The molecular formula is C13H7ClF3N3. The first-order valence-corrected chi connectivity index (χ1v) is 6.00. The molecule has 0 aliphatic heterocycles. The molecule has 3 nitrogen and oxygen atoms in total. The van der Waals surface area contributed by atoms with Crippen molar-refractivity contribution in [3.63, 3.8) is 0 Å². The molecule has 0 bridgehead atoms. The lowest BCUT2D eigenvalue weighted by molar-refractivity contribution is -0.137. The quantitative estimate of drug-likeness (QED) is 0.678. The van der Waals surface area contributed by atoms with Gasteiger partial charge in [0.1, 0.15) is 6.33 Å². The molecule has 20 heavy (non-hydrogen) atoms. The predicted molar refractivity (Wildman–Crippen MR) is 68.4 cm³/mol. The first-order valence-electron chi connectivity index (χ1n) is 5.62. The lowest BCUT2D eigenvalue weighted by Crippen LogP contribution is -2.05. The van der Waals surface area contributed by atoms with E-state index in [-0.39, 0.29) is 5.15 Å². The van der Waals surface area contributed by atoms with Crippen LogP contribution in [-0.2, 0) is 6.18 Å². The minimum atomic E-state index is -4.38. The smallest absolute Gasteiger partial charge is 0.282 e. The van der Waals surface area contributed by atoms with Crippen molar-refractivity contribution in [2.45, 2.75) is 6.18 Å². The number of aromatic nitrogens is 3. The van der Waals surface area contributed by atoms with E-state index in [1.165, 1.54) is 18.6 Å². The second-order valence-electron chi connectivity index (χ2n) is 4.14. The number of benzene rings is 1. The van der Waals surface area contributed by atoms with Crippen LogP contribution in [-0.4, -0.2) is 14.4 Å². The molecule has 0 aliphatic rings. The summed E-state index contributed by atoms with van der Waals surface area (Å²) in [6.07, 6.45) is -1.46. The fourth-order valence-electron chi connectivity index (χ4n) is 1.96. The SMILES string of the molecule is FC(F)(F)c1cccc(-c2ccnc3c(Cl)ncn23)c1. The molecule has 0 amide bonds. The van der Waals surface area contributed by atoms with E-state index in [1.54, 1.807) is 16.5 Å². The molecule has 3 rings (SSSR count). The lowest BCUT2D eigenvalue weighted by atomic mass is 10.1. The monoisotopic (exact) mass is 297 g/mol. The molecule has 2 heterocycles. The number of hydrogen-bond acceptors (Lipinski definition) is 2. The van der Waals surface area contributed by atoms with Crippen LogP contribution in [0.2, 0.25) is 5.15 Å². The number of halogens is 4. The van der Waals surface area contributed by atoms with Crippen molar-refractivity contribution in [1.82, 2.24) is 14.4 Å². The first-order chi connectivity index (χ1) is 9.47. The second kappa shape index (κ2) is 4.49. The molecule has 3 aromatic rings. The Bertz CT molecular complexity index is 780. The molecule has 0 spiro atoms. The third kappa shape index (κ3) is 2.12. The highest BCUT2D eigenvalue weighted by Crippen LogP contribution is 2.32. The molecule has 7 heteroatoms. The molecule has 0 atom stereocenters. The van der Waals surface area contributed by atoms with Crippen molar-refractivity contribution in [2.24, 2.45) is 0 Å². The summed E-state index contributed by atoms with van der Waals surface area (Å²) in [7, 11) is 0. The van der Waals surface area contributed by atoms with E-state index in [0.717, 1.165) is 12.1 Å². The van der Waals surface area contributed by atoms with Crippen LogP contribution in [0.15, 0.2) is 42.9 Å². The molecule has 0 unspecified atom stereocenters. The van der Waals surface area contributed by atoms with E-state index < -0.39 is 11.7 Å². The van der Waals surface area contributed by atoms with Crippen molar-refractivity contribution in [2.75, 3.05) is 0 Å². The Kier molecular flexibility index (Phi) is 2.90. The maximum atomic E-state index is 12.7. The topological polar surface area (TPSA) is 30.2 Å². The van der Waals surface area contributed by atoms with Gasteiger partial charge in [-0.25, -0.2) is 9.97 Å². The largest absolute Gasteiger partial charge is 0.416 e. The zero-order valence-electron chi connectivity index (χ0n) is 9.89. The van der Waals surface area contributed by atoms with Crippen LogP contribution in [0.4, 0.5) is 13.2 Å². The van der Waals surface area contributed by atoms with Gasteiger partial charge in [0.2, 0.25) is 0 Å². The summed E-state index contributed by atoms with van der Waals surface area (Å²) >= 11 is 5.86. The van der Waals surface area contributed by atoms with Crippen molar-refractivity contribution >= 4 is 17.2 Å². The Labute approximate surface area is 116 Å². The molecule has 0 saturated carbocycles. The standard InChI is InChI=1S/C13H7ClF3N3/c14-11-12-18-5-4-10(20(12)7-19-11)8-2-1-3-9(6-8)13(15,16)17/h1-7H. The average Bonchev–Trinajstić information content (AvgIpc) is 2.80. The highest BCUT2D eigenvalue weighted by atomic mass is 35.5. The zero-order valence-corrected chi connectivity index (χ0v) is 10.7. The summed E-state index contributed by atoms with van der Waals surface area (Å²) in [5, 5.41) is 0.207. The Hall–Kier alpha value is -2.08. The van der Waals surface area contributed by atoms with Gasteiger partial charge in [0.05, 0.1) is 11.3 Å². The number of fused-ring (bicyclic) bond motifs is 1. The van der Waals surface area contributed by atoms with Gasteiger partial charge in [-0.3, -0.25) is 4.40 Å². The van der Waals surface area contributed by atoms with Gasteiger partial charge in [0.25, 0.3) is 0 Å². The number of rotatable bonds is 1. The van der Waals surface area contributed by atoms with E-state index in [2.05, 4.69) is 9.97 Å². The van der Waals surface area contributed by atoms with Gasteiger partial charge in [-0.2, -0.15) is 13.2 Å². The van der Waals surface area contributed by atoms with Gasteiger partial charge in [-0.15, -0.1) is 0 Å². The van der Waals surface area contributed by atoms with Crippen LogP contribution < -0.4 is 0 Å². The van der Waals surface area contributed by atoms with Crippen LogP contribution >= 0.6 is 11.6 Å². The highest BCUT2D eigenvalue weighted by molar-refractivity contribution is 6.32. The van der Waals surface area contributed by atoms with Gasteiger partial charge in [0.15, 0.2) is 10.8 Å². The zero-order chi connectivity index (χ0) is 14.3. The second-order valence-corrected chi connectivity index (χ2v) is 4.50. The summed E-state index contributed by atoms with van der Waals surface area (Å²) in [5.74, 6) is 0. The minimum absolute atomic E-state index is 0.207. The van der Waals surface area contributed by atoms with Crippen molar-refractivity contribution < 1.29 is 13.2 Å². The molecule has 0 aliphatic carbocycles. The fraction of sp³-hybridized carbons (Fsp3) is 0.0769. The Morgan fingerprint density at radius 3 is 2.65 bits per heavy atom. The van der Waals surface area contributed by atoms with Crippen LogP contribution in [0.5, 0.6) is 0 Å². The molecule has 102 valence electrons. The van der Waals surface area contributed by atoms with E-state index in [9.17, 15) is 13.2 Å². The average molecular weight is 298 g/mol. The Morgan fingerprint density at radius 1 is 1.10 bits per heavy atom. The van der Waals surface area contributed by atoms with Crippen molar-refractivity contribution in [3.8, 4) is 11.3 Å². The number of nitrogens with zero attached hydrogens (tertiary/aromatic N) is 3. The fourth-order valence-corrected chi connectivity index (χ4v) is 2.14. The summed E-state index contributed by atoms with van der Waals surface area (Å²) in [6.45, 7) is 0. The van der Waals surface area contributed by atoms with Crippen LogP contribution in [0.1, 0.15) is 5.56 Å². The van der Waals surface area contributed by atoms with Crippen LogP contribution in [0.3, 0.4) is 0 Å². The van der Waals surface area contributed by atoms with Gasteiger partial charge in [0, 0.05) is 6.20 Å². The third-order valence-corrected chi connectivity index (χ3v) is 3.14. The van der Waals surface area contributed by atoms with E-state index in [4.69, 9.17) is 11.6 Å². The molecular weight excluding hydrogens is 291 g/mol. The van der Waals surface area contributed by atoms with E-state index in [1.807, 2.05) is 0 Å². The molecule has 0 saturated heterocycles. The van der Waals surface area contributed by atoms with Gasteiger partial charge < -0.3 is 0 Å². The van der Waals surface area contributed by atoms with Gasteiger partial charge in [-0.05, 0) is 23.8 Å². The summed E-state index contributed by atoms with van der Waals surface area (Å²) in [6, 6.07) is 6.69. The van der Waals surface area contributed by atoms with Crippen LogP contribution in [0, 0.1) is 0 Å². The van der Waals surface area contributed by atoms with Gasteiger partial charge in [-0.1, -0.05) is 23.7 Å². The van der Waals surface area contributed by atoms with Crippen molar-refractivity contribution in [1.29, 1.82) is 0 Å². The lowest BCUT2D eigenvalue weighted by Gasteiger charge is -2.10. The van der Waals surface area contributed by atoms with Crippen LogP contribution in [0.25, 0.3) is 16.9 Å². The first kappa shape index (κ1) is 12.9. The molecule has 0 radical (unpaired) electrons.